The number of hydrogen-bond donors (Lipinski definition) is 1. The Morgan fingerprint density at radius 1 is 1.23 bits per heavy atom. The van der Waals surface area contributed by atoms with Gasteiger partial charge < -0.3 is 4.57 Å². The van der Waals surface area contributed by atoms with Crippen LogP contribution in [0.5, 0.6) is 0 Å². The molecule has 0 aliphatic carbocycles. The lowest BCUT2D eigenvalue weighted by atomic mass is 10.1. The van der Waals surface area contributed by atoms with Crippen LogP contribution in [-0.4, -0.2) is 36.6 Å². The predicted molar refractivity (Wildman–Crippen MR) is 119 cm³/mol. The Labute approximate surface area is 179 Å². The van der Waals surface area contributed by atoms with Gasteiger partial charge in [-0.05, 0) is 80.1 Å². The minimum Gasteiger partial charge on any atom is -0.346 e. The fourth-order valence-corrected chi connectivity index (χ4v) is 5.42. The highest BCUT2D eigenvalue weighted by atomic mass is 32.2. The summed E-state index contributed by atoms with van der Waals surface area (Å²) >= 11 is 1.74. The third kappa shape index (κ3) is 3.75. The maximum absolute atomic E-state index is 13.6. The second kappa shape index (κ2) is 7.89. The summed E-state index contributed by atoms with van der Waals surface area (Å²) in [5.74, 6) is 0.425. The van der Waals surface area contributed by atoms with Gasteiger partial charge in [0.25, 0.3) is 0 Å². The number of aryl methyl sites for hydroxylation is 1. The average molecular weight is 422 g/mol. The second-order valence-corrected chi connectivity index (χ2v) is 9.23. The molecule has 0 saturated carbocycles. The maximum atomic E-state index is 13.6. The van der Waals surface area contributed by atoms with Crippen molar-refractivity contribution in [2.45, 2.75) is 37.8 Å². The number of halogens is 1. The van der Waals surface area contributed by atoms with E-state index in [2.05, 4.69) is 50.4 Å². The van der Waals surface area contributed by atoms with E-state index in [-0.39, 0.29) is 5.82 Å². The summed E-state index contributed by atoms with van der Waals surface area (Å²) in [4.78, 5) is 5.89. The van der Waals surface area contributed by atoms with Crippen LogP contribution < -0.4 is 0 Å². The van der Waals surface area contributed by atoms with Gasteiger partial charge in [0.15, 0.2) is 0 Å². The molecule has 1 unspecified atom stereocenters. The Morgan fingerprint density at radius 2 is 2.13 bits per heavy atom. The molecule has 5 nitrogen and oxygen atoms in total. The van der Waals surface area contributed by atoms with Crippen molar-refractivity contribution < 1.29 is 4.39 Å². The third-order valence-electron chi connectivity index (χ3n) is 5.83. The van der Waals surface area contributed by atoms with Crippen molar-refractivity contribution in [3.63, 3.8) is 0 Å². The lowest BCUT2D eigenvalue weighted by Crippen LogP contribution is -2.19. The molecule has 1 aliphatic rings. The fraction of sp³-hybridized carbons (Fsp3) is 0.304. The van der Waals surface area contributed by atoms with Gasteiger partial charge in [-0.15, -0.1) is 0 Å². The number of H-pyrrole nitrogens is 1. The zero-order valence-corrected chi connectivity index (χ0v) is 17.9. The van der Waals surface area contributed by atoms with Crippen molar-refractivity contribution >= 4 is 23.0 Å². The van der Waals surface area contributed by atoms with E-state index in [4.69, 9.17) is 4.98 Å². The van der Waals surface area contributed by atoms with E-state index in [0.717, 1.165) is 46.7 Å². The largest absolute Gasteiger partial charge is 0.346 e. The predicted octanol–water partition coefficient (Wildman–Crippen LogP) is 5.29. The molecule has 0 amide bonds. The number of nitrogens with zero attached hydrogens (tertiary/aromatic N) is 4. The molecule has 1 fully saturated rings. The first kappa shape index (κ1) is 19.3. The number of rotatable bonds is 5. The Kier molecular flexibility index (Phi) is 5.08. The summed E-state index contributed by atoms with van der Waals surface area (Å²) in [6.45, 7) is 6.08. The molecule has 7 heteroatoms. The van der Waals surface area contributed by atoms with Gasteiger partial charge in [-0.3, -0.25) is 5.10 Å². The number of pyridine rings is 1. The van der Waals surface area contributed by atoms with Crippen LogP contribution in [0.15, 0.2) is 59.9 Å². The van der Waals surface area contributed by atoms with E-state index in [1.807, 2.05) is 25.3 Å². The average Bonchev–Trinajstić information content (AvgIpc) is 3.46. The summed E-state index contributed by atoms with van der Waals surface area (Å²) in [6, 6.07) is 12.1. The van der Waals surface area contributed by atoms with E-state index in [9.17, 15) is 4.39 Å². The zero-order chi connectivity index (χ0) is 20.7. The normalized spacial score (nSPS) is 19.7. The summed E-state index contributed by atoms with van der Waals surface area (Å²) in [7, 11) is 0. The Bertz CT molecular complexity index is 1170. The van der Waals surface area contributed by atoms with Crippen molar-refractivity contribution in [3.05, 3.63) is 66.4 Å². The number of hydrogen-bond acceptors (Lipinski definition) is 4. The Balaban J connectivity index is 1.29. The van der Waals surface area contributed by atoms with Crippen LogP contribution in [0.4, 0.5) is 4.39 Å². The summed E-state index contributed by atoms with van der Waals surface area (Å²) in [6.07, 6.45) is 6.94. The van der Waals surface area contributed by atoms with E-state index in [1.54, 1.807) is 24.2 Å². The number of benzene rings is 1. The number of nitrogens with one attached hydrogen (secondary N) is 1. The van der Waals surface area contributed by atoms with Crippen LogP contribution in [0.2, 0.25) is 0 Å². The van der Waals surface area contributed by atoms with Gasteiger partial charge in [-0.25, -0.2) is 13.7 Å². The number of aromatic nitrogens is 4. The highest BCUT2D eigenvalue weighted by Gasteiger charge is 2.30. The summed E-state index contributed by atoms with van der Waals surface area (Å²) < 4.78 is 18.3. The highest BCUT2D eigenvalue weighted by Crippen LogP contribution is 2.35. The molecule has 154 valence electrons. The molecule has 1 N–H and O–H groups in total. The summed E-state index contributed by atoms with van der Waals surface area (Å²) in [5.41, 5.74) is 4.80. The summed E-state index contributed by atoms with van der Waals surface area (Å²) in [5, 5.41) is 6.85. The van der Waals surface area contributed by atoms with Gasteiger partial charge in [-0.1, -0.05) is 0 Å². The quantitative estimate of drug-likeness (QED) is 0.445. The smallest absolute Gasteiger partial charge is 0.126 e. The van der Waals surface area contributed by atoms with E-state index >= 15 is 0 Å². The molecule has 0 spiro atoms. The van der Waals surface area contributed by atoms with Crippen molar-refractivity contribution in [2.75, 3.05) is 6.54 Å². The topological polar surface area (TPSA) is 49.7 Å². The van der Waals surface area contributed by atoms with Gasteiger partial charge >= 0.3 is 0 Å². The van der Waals surface area contributed by atoms with E-state index < -0.39 is 0 Å². The molecule has 2 atom stereocenters. The third-order valence-corrected chi connectivity index (χ3v) is 7.04. The minimum absolute atomic E-state index is 0.143. The minimum atomic E-state index is -0.143. The molecule has 3 aromatic heterocycles. The van der Waals surface area contributed by atoms with Gasteiger partial charge in [-0.2, -0.15) is 5.10 Å². The van der Waals surface area contributed by atoms with Gasteiger partial charge in [0.05, 0.1) is 22.9 Å². The van der Waals surface area contributed by atoms with Gasteiger partial charge in [0.2, 0.25) is 0 Å². The lowest BCUT2D eigenvalue weighted by Gasteiger charge is -2.20. The SMILES string of the molecule is Cc1cc(SN2CC(Cn3ccc4nc(-c5cn[nH]c5)ccc43)C[C@@H]2C)ccc1F. The van der Waals surface area contributed by atoms with Gasteiger partial charge in [0, 0.05) is 42.0 Å². The van der Waals surface area contributed by atoms with Crippen molar-refractivity contribution in [3.8, 4) is 11.3 Å². The molecular formula is C23H24FN5S. The first-order valence-corrected chi connectivity index (χ1v) is 11.0. The maximum Gasteiger partial charge on any atom is 0.126 e. The van der Waals surface area contributed by atoms with Crippen molar-refractivity contribution in [1.29, 1.82) is 0 Å². The zero-order valence-electron chi connectivity index (χ0n) is 17.0. The van der Waals surface area contributed by atoms with Crippen LogP contribution in [0, 0.1) is 18.7 Å². The second-order valence-electron chi connectivity index (χ2n) is 8.11. The lowest BCUT2D eigenvalue weighted by molar-refractivity contribution is 0.450. The number of fused-ring (bicyclic) bond motifs is 1. The Hall–Kier alpha value is -2.64. The standard InChI is InChI=1S/C23H24FN5S/c1-15-9-19(3-4-20(15)24)30-29-14-17(10-16(29)2)13-28-8-7-22-23(28)6-5-21(27-22)18-11-25-26-12-18/h3-9,11-12,16-17H,10,13-14H2,1-2H3,(H,25,26)/t16-,17?/m0/s1. The van der Waals surface area contributed by atoms with E-state index in [1.165, 1.54) is 0 Å². The van der Waals surface area contributed by atoms with Gasteiger partial charge in [0.1, 0.15) is 5.82 Å². The molecule has 1 saturated heterocycles. The molecule has 0 radical (unpaired) electrons. The van der Waals surface area contributed by atoms with Crippen LogP contribution in [-0.2, 0) is 6.54 Å². The molecule has 30 heavy (non-hydrogen) atoms. The molecule has 4 aromatic rings. The molecule has 1 aliphatic heterocycles. The first-order valence-electron chi connectivity index (χ1n) is 10.2. The van der Waals surface area contributed by atoms with E-state index in [0.29, 0.717) is 17.5 Å². The van der Waals surface area contributed by atoms with Crippen LogP contribution in [0.3, 0.4) is 0 Å². The molecule has 5 rings (SSSR count). The first-order chi connectivity index (χ1) is 14.6. The van der Waals surface area contributed by atoms with Crippen LogP contribution in [0.1, 0.15) is 18.9 Å². The molecule has 4 heterocycles. The van der Waals surface area contributed by atoms with Crippen LogP contribution in [0.25, 0.3) is 22.3 Å². The number of aromatic amines is 1. The van der Waals surface area contributed by atoms with Crippen molar-refractivity contribution in [2.24, 2.45) is 5.92 Å². The highest BCUT2D eigenvalue weighted by molar-refractivity contribution is 7.97. The fourth-order valence-electron chi connectivity index (χ4n) is 4.24. The molecule has 0 bridgehead atoms. The Morgan fingerprint density at radius 3 is 2.93 bits per heavy atom. The monoisotopic (exact) mass is 421 g/mol. The van der Waals surface area contributed by atoms with Crippen molar-refractivity contribution in [1.82, 2.24) is 24.1 Å². The molecular weight excluding hydrogens is 397 g/mol. The van der Waals surface area contributed by atoms with Crippen LogP contribution >= 0.6 is 11.9 Å². The molecule has 1 aromatic carbocycles.